The molecule has 0 saturated heterocycles. The Morgan fingerprint density at radius 1 is 1.16 bits per heavy atom. The zero-order chi connectivity index (χ0) is 14.1. The molecule has 3 nitrogen and oxygen atoms in total. The molecule has 2 saturated carbocycles. The molecule has 0 spiro atoms. The number of alkyl halides is 3. The minimum Gasteiger partial charge on any atom is -0.340 e. The monoisotopic (exact) mass is 300 g/mol. The summed E-state index contributed by atoms with van der Waals surface area (Å²) in [7, 11) is -4.85. The van der Waals surface area contributed by atoms with Crippen molar-refractivity contribution in [3.8, 4) is 0 Å². The molecule has 5 atom stereocenters. The van der Waals surface area contributed by atoms with Crippen LogP contribution in [0, 0.1) is 23.7 Å². The van der Waals surface area contributed by atoms with Gasteiger partial charge >= 0.3 is 16.1 Å². The lowest BCUT2D eigenvalue weighted by molar-refractivity contribution is -0.401. The van der Waals surface area contributed by atoms with Gasteiger partial charge in [-0.15, -0.1) is 3.89 Å². The van der Waals surface area contributed by atoms with Gasteiger partial charge in [-0.05, 0) is 18.3 Å². The smallest absolute Gasteiger partial charge is 0.309 e. The molecule has 0 radical (unpaired) electrons. The van der Waals surface area contributed by atoms with Gasteiger partial charge in [0.15, 0.2) is 0 Å². The normalized spacial score (nSPS) is 46.1. The summed E-state index contributed by atoms with van der Waals surface area (Å²) in [6.07, 6.45) is 3.84. The van der Waals surface area contributed by atoms with Crippen LogP contribution in [0.2, 0.25) is 0 Å². The quantitative estimate of drug-likeness (QED) is 0.453. The Bertz CT molecular complexity index is 532. The molecule has 108 valence electrons. The van der Waals surface area contributed by atoms with Crippen molar-refractivity contribution in [1.29, 1.82) is 0 Å². The van der Waals surface area contributed by atoms with Crippen molar-refractivity contribution in [2.75, 3.05) is 12.4 Å². The summed E-state index contributed by atoms with van der Waals surface area (Å²) in [5.41, 5.74) is 0. The predicted octanol–water partition coefficient (Wildman–Crippen LogP) is 2.06. The van der Waals surface area contributed by atoms with Gasteiger partial charge in [0.05, 0.1) is 6.61 Å². The molecule has 0 heterocycles. The summed E-state index contributed by atoms with van der Waals surface area (Å²) >= 11 is 0. The van der Waals surface area contributed by atoms with E-state index in [-0.39, 0.29) is 11.8 Å². The van der Waals surface area contributed by atoms with Crippen LogP contribution in [0.15, 0.2) is 12.2 Å². The average molecular weight is 300 g/mol. The SMILES string of the molecule is O=S(=O)(F)CCOC1(F)C2C3C=CC(C3)C2C1(F)F. The van der Waals surface area contributed by atoms with Crippen LogP contribution >= 0.6 is 0 Å². The van der Waals surface area contributed by atoms with E-state index >= 15 is 0 Å². The molecular formula is C11H12F4O3S. The van der Waals surface area contributed by atoms with Gasteiger partial charge in [-0.3, -0.25) is 0 Å². The Morgan fingerprint density at radius 2 is 1.74 bits per heavy atom. The molecule has 3 rings (SSSR count). The summed E-state index contributed by atoms with van der Waals surface area (Å²) in [5.74, 6) is -10.6. The number of hydrogen-bond donors (Lipinski definition) is 0. The first kappa shape index (κ1) is 13.4. The third kappa shape index (κ3) is 1.68. The molecule has 0 amide bonds. The Hall–Kier alpha value is -0.630. The molecule has 0 N–H and O–H groups in total. The fourth-order valence-corrected chi connectivity index (χ4v) is 3.94. The first-order valence-corrected chi connectivity index (χ1v) is 7.53. The fraction of sp³-hybridized carbons (Fsp3) is 0.818. The van der Waals surface area contributed by atoms with E-state index in [0.29, 0.717) is 6.42 Å². The second kappa shape index (κ2) is 3.72. The largest absolute Gasteiger partial charge is 0.340 e. The van der Waals surface area contributed by atoms with Crippen molar-refractivity contribution in [3.63, 3.8) is 0 Å². The van der Waals surface area contributed by atoms with Crippen LogP contribution < -0.4 is 0 Å². The van der Waals surface area contributed by atoms with Gasteiger partial charge < -0.3 is 4.74 Å². The van der Waals surface area contributed by atoms with Crippen LogP contribution in [0.4, 0.5) is 17.1 Å². The summed E-state index contributed by atoms with van der Waals surface area (Å²) in [4.78, 5) is 0. The standard InChI is InChI=1S/C11H12F4O3S/c12-10(13)8-6-1-2-7(5-6)9(8)11(10,14)18-3-4-19(15,16)17/h1-2,6-9H,3-5H2. The molecule has 2 bridgehead atoms. The minimum atomic E-state index is -4.85. The molecule has 0 aromatic heterocycles. The van der Waals surface area contributed by atoms with Crippen LogP contribution in [-0.2, 0) is 15.0 Å². The zero-order valence-electron chi connectivity index (χ0n) is 9.73. The van der Waals surface area contributed by atoms with E-state index in [2.05, 4.69) is 4.74 Å². The Morgan fingerprint density at radius 3 is 2.32 bits per heavy atom. The lowest BCUT2D eigenvalue weighted by atomic mass is 9.60. The van der Waals surface area contributed by atoms with E-state index in [1.165, 1.54) is 0 Å². The van der Waals surface area contributed by atoms with Crippen LogP contribution in [0.5, 0.6) is 0 Å². The van der Waals surface area contributed by atoms with Gasteiger partial charge in [-0.2, -0.15) is 17.2 Å². The van der Waals surface area contributed by atoms with Crippen molar-refractivity contribution < 1.29 is 30.2 Å². The highest BCUT2D eigenvalue weighted by Gasteiger charge is 2.83. The molecule has 0 aliphatic heterocycles. The summed E-state index contributed by atoms with van der Waals surface area (Å²) < 4.78 is 79.3. The third-order valence-corrected chi connectivity index (χ3v) is 5.05. The van der Waals surface area contributed by atoms with Gasteiger partial charge in [-0.25, -0.2) is 4.39 Å². The van der Waals surface area contributed by atoms with E-state index in [1.54, 1.807) is 12.2 Å². The number of rotatable bonds is 4. The summed E-state index contributed by atoms with van der Waals surface area (Å²) in [6.45, 7) is -0.907. The van der Waals surface area contributed by atoms with Crippen molar-refractivity contribution in [1.82, 2.24) is 0 Å². The predicted molar refractivity (Wildman–Crippen MR) is 57.3 cm³/mol. The maximum atomic E-state index is 14.3. The number of fused-ring (bicyclic) bond motifs is 5. The lowest BCUT2D eigenvalue weighted by Crippen LogP contribution is -2.71. The van der Waals surface area contributed by atoms with E-state index < -0.39 is 46.2 Å². The van der Waals surface area contributed by atoms with Crippen LogP contribution in [0.1, 0.15) is 6.42 Å². The van der Waals surface area contributed by atoms with Crippen molar-refractivity contribution in [2.24, 2.45) is 23.7 Å². The number of hydrogen-bond acceptors (Lipinski definition) is 3. The first-order chi connectivity index (χ1) is 8.67. The maximum Gasteiger partial charge on any atom is 0.309 e. The highest BCUT2D eigenvalue weighted by molar-refractivity contribution is 7.86. The molecular weight excluding hydrogens is 288 g/mol. The summed E-state index contributed by atoms with van der Waals surface area (Å²) in [5, 5.41) is 0. The molecule has 5 unspecified atom stereocenters. The molecule has 19 heavy (non-hydrogen) atoms. The zero-order valence-corrected chi connectivity index (χ0v) is 10.5. The Labute approximate surface area is 107 Å². The van der Waals surface area contributed by atoms with Crippen LogP contribution in [0.25, 0.3) is 0 Å². The minimum absolute atomic E-state index is 0.304. The second-order valence-corrected chi connectivity index (χ2v) is 6.85. The van der Waals surface area contributed by atoms with Gasteiger partial charge in [0.1, 0.15) is 5.75 Å². The average Bonchev–Trinajstić information content (AvgIpc) is 2.85. The van der Waals surface area contributed by atoms with Crippen LogP contribution in [0.3, 0.4) is 0 Å². The van der Waals surface area contributed by atoms with Crippen LogP contribution in [-0.4, -0.2) is 32.6 Å². The molecule has 2 fully saturated rings. The van der Waals surface area contributed by atoms with E-state index in [4.69, 9.17) is 0 Å². The fourth-order valence-electron chi connectivity index (χ4n) is 3.66. The summed E-state index contributed by atoms with van der Waals surface area (Å²) in [6, 6.07) is 0. The maximum absolute atomic E-state index is 14.3. The van der Waals surface area contributed by atoms with Crippen molar-refractivity contribution in [2.45, 2.75) is 18.2 Å². The Balaban J connectivity index is 1.75. The van der Waals surface area contributed by atoms with Crippen molar-refractivity contribution in [3.05, 3.63) is 12.2 Å². The molecule has 8 heteroatoms. The highest BCUT2D eigenvalue weighted by Crippen LogP contribution is 2.71. The van der Waals surface area contributed by atoms with E-state index in [1.807, 2.05) is 0 Å². The van der Waals surface area contributed by atoms with E-state index in [9.17, 15) is 25.5 Å². The van der Waals surface area contributed by atoms with Gasteiger partial charge in [-0.1, -0.05) is 12.2 Å². The molecule has 0 aromatic rings. The molecule has 3 aliphatic carbocycles. The topological polar surface area (TPSA) is 43.4 Å². The highest BCUT2D eigenvalue weighted by atomic mass is 32.3. The second-order valence-electron chi connectivity index (χ2n) is 5.36. The van der Waals surface area contributed by atoms with E-state index in [0.717, 1.165) is 0 Å². The van der Waals surface area contributed by atoms with Gasteiger partial charge in [0.2, 0.25) is 0 Å². The number of allylic oxidation sites excluding steroid dienone is 2. The van der Waals surface area contributed by atoms with Gasteiger partial charge in [0.25, 0.3) is 5.85 Å². The number of halogens is 4. The van der Waals surface area contributed by atoms with Crippen molar-refractivity contribution >= 4 is 10.2 Å². The first-order valence-electron chi connectivity index (χ1n) is 5.98. The molecule has 0 aromatic carbocycles. The third-order valence-electron chi connectivity index (χ3n) is 4.40. The lowest BCUT2D eigenvalue weighted by Gasteiger charge is -2.55. The number of ether oxygens (including phenoxy) is 1. The Kier molecular flexibility index (Phi) is 2.62. The molecule has 3 aliphatic rings. The van der Waals surface area contributed by atoms with Gasteiger partial charge in [0, 0.05) is 11.8 Å².